The Labute approximate surface area is 152 Å². The van der Waals surface area contributed by atoms with Gasteiger partial charge in [-0.05, 0) is 82.7 Å². The second-order valence-corrected chi connectivity index (χ2v) is 6.88. The fraction of sp³-hybridized carbons (Fsp3) is 0. The number of nitrogens with zero attached hydrogens (tertiary/aromatic N) is 2. The number of aromatic amines is 2. The smallest absolute Gasteiger partial charge is 0.0659 e. The Balaban J connectivity index is 1.87. The van der Waals surface area contributed by atoms with Crippen molar-refractivity contribution in [2.24, 2.45) is 0 Å². The summed E-state index contributed by atoms with van der Waals surface area (Å²) in [6.07, 6.45) is 8.03. The van der Waals surface area contributed by atoms with E-state index in [0.29, 0.717) is 0 Å². The number of hydrogen-bond donors (Lipinski definition) is 2. The third-order valence-electron chi connectivity index (χ3n) is 4.12. The highest BCUT2D eigenvalue weighted by atomic mass is 79.9. The lowest BCUT2D eigenvalue weighted by Crippen LogP contribution is -1.77. The van der Waals surface area contributed by atoms with Crippen LogP contribution in [0.15, 0.2) is 46.9 Å². The SMILES string of the molecule is Brc1cc2cc3ccc(cc4nc(cc5nc(cc1[nH]2)C=C5)C=C4)[nH]3. The van der Waals surface area contributed by atoms with Crippen molar-refractivity contribution in [2.75, 3.05) is 0 Å². The van der Waals surface area contributed by atoms with Crippen LogP contribution in [0.4, 0.5) is 0 Å². The quantitative estimate of drug-likeness (QED) is 0.372. The molecule has 2 aliphatic heterocycles. The average Bonchev–Trinajstić information content (AvgIpc) is 3.33. The normalized spacial score (nSPS) is 12.7. The number of halogens is 1. The molecule has 5 heterocycles. The predicted molar refractivity (Wildman–Crippen MR) is 107 cm³/mol. The van der Waals surface area contributed by atoms with Crippen LogP contribution in [0.25, 0.3) is 46.4 Å². The van der Waals surface area contributed by atoms with Gasteiger partial charge in [0, 0.05) is 21.0 Å². The molecule has 25 heavy (non-hydrogen) atoms. The molecule has 0 spiro atoms. The molecule has 0 saturated carbocycles. The molecule has 120 valence electrons. The first kappa shape index (κ1) is 14.4. The first-order valence-electron chi connectivity index (χ1n) is 7.95. The van der Waals surface area contributed by atoms with Gasteiger partial charge in [0.1, 0.15) is 0 Å². The van der Waals surface area contributed by atoms with E-state index in [4.69, 9.17) is 0 Å². The molecule has 5 rings (SSSR count). The molecule has 0 atom stereocenters. The predicted octanol–water partition coefficient (Wildman–Crippen LogP) is 5.42. The highest BCUT2D eigenvalue weighted by Gasteiger charge is 2.03. The van der Waals surface area contributed by atoms with Crippen LogP contribution in [0.3, 0.4) is 0 Å². The molecule has 0 unspecified atom stereocenters. The summed E-state index contributed by atoms with van der Waals surface area (Å²) in [4.78, 5) is 16.1. The van der Waals surface area contributed by atoms with Gasteiger partial charge in [0.05, 0.1) is 28.3 Å². The van der Waals surface area contributed by atoms with Crippen LogP contribution in [-0.2, 0) is 0 Å². The molecule has 0 fully saturated rings. The maximum atomic E-state index is 4.64. The van der Waals surface area contributed by atoms with Crippen molar-refractivity contribution in [3.63, 3.8) is 0 Å². The van der Waals surface area contributed by atoms with Crippen LogP contribution in [0, 0.1) is 0 Å². The van der Waals surface area contributed by atoms with Crippen molar-refractivity contribution in [3.8, 4) is 0 Å². The monoisotopic (exact) mass is 388 g/mol. The van der Waals surface area contributed by atoms with Crippen LogP contribution in [0.1, 0.15) is 22.8 Å². The molecule has 0 radical (unpaired) electrons. The number of hydrogen-bond acceptors (Lipinski definition) is 2. The van der Waals surface area contributed by atoms with Gasteiger partial charge in [0.2, 0.25) is 0 Å². The minimum atomic E-state index is 0.902. The molecular formula is C20H13BrN4. The topological polar surface area (TPSA) is 57.4 Å². The van der Waals surface area contributed by atoms with Gasteiger partial charge in [-0.25, -0.2) is 9.97 Å². The Kier molecular flexibility index (Phi) is 3.21. The number of rotatable bonds is 0. The Morgan fingerprint density at radius 3 is 1.92 bits per heavy atom. The minimum Gasteiger partial charge on any atom is -0.355 e. The first-order valence-corrected chi connectivity index (χ1v) is 8.75. The highest BCUT2D eigenvalue weighted by molar-refractivity contribution is 9.10. The molecule has 8 bridgehead atoms. The third-order valence-corrected chi connectivity index (χ3v) is 4.77. The molecule has 5 heteroatoms. The van der Waals surface area contributed by atoms with Gasteiger partial charge < -0.3 is 9.97 Å². The van der Waals surface area contributed by atoms with Crippen molar-refractivity contribution >= 4 is 62.3 Å². The molecular weight excluding hydrogens is 376 g/mol. The summed E-state index contributed by atoms with van der Waals surface area (Å²) in [6.45, 7) is 0. The first-order chi connectivity index (χ1) is 12.2. The molecule has 3 aromatic heterocycles. The van der Waals surface area contributed by atoms with Crippen LogP contribution in [-0.4, -0.2) is 19.9 Å². The zero-order valence-electron chi connectivity index (χ0n) is 13.1. The summed E-state index contributed by atoms with van der Waals surface area (Å²) >= 11 is 3.61. The maximum Gasteiger partial charge on any atom is 0.0659 e. The number of aromatic nitrogens is 4. The summed E-state index contributed by atoms with van der Waals surface area (Å²) < 4.78 is 1.01. The van der Waals surface area contributed by atoms with Crippen LogP contribution < -0.4 is 0 Å². The second-order valence-electron chi connectivity index (χ2n) is 6.02. The largest absolute Gasteiger partial charge is 0.355 e. The molecule has 3 aromatic rings. The molecule has 4 nitrogen and oxygen atoms in total. The lowest BCUT2D eigenvalue weighted by Gasteiger charge is -1.86. The van der Waals surface area contributed by atoms with Crippen molar-refractivity contribution in [3.05, 3.63) is 69.7 Å². The van der Waals surface area contributed by atoms with Crippen molar-refractivity contribution in [1.82, 2.24) is 19.9 Å². The molecule has 0 aromatic carbocycles. The molecule has 0 aliphatic carbocycles. The third kappa shape index (κ3) is 2.83. The van der Waals surface area contributed by atoms with Crippen molar-refractivity contribution in [1.29, 1.82) is 0 Å². The van der Waals surface area contributed by atoms with E-state index >= 15 is 0 Å². The number of fused-ring (bicyclic) bond motifs is 8. The number of nitrogens with one attached hydrogen (secondary N) is 2. The summed E-state index contributed by atoms with van der Waals surface area (Å²) in [5.74, 6) is 0. The standard InChI is InChI=1S/C20H13BrN4/c21-19-10-18-9-16-4-3-14(23-16)7-12-1-2-13(22-12)8-15-5-6-17(24-15)11-20(19)25-18/h1-11,23,25H. The lowest BCUT2D eigenvalue weighted by molar-refractivity contribution is 1.28. The summed E-state index contributed by atoms with van der Waals surface area (Å²) in [5, 5.41) is 0. The zero-order chi connectivity index (χ0) is 16.8. The fourth-order valence-corrected chi connectivity index (χ4v) is 3.44. The summed E-state index contributed by atoms with van der Waals surface area (Å²) in [6, 6.07) is 14.3. The van der Waals surface area contributed by atoms with Gasteiger partial charge in [-0.3, -0.25) is 0 Å². The lowest BCUT2D eigenvalue weighted by atomic mass is 10.3. The van der Waals surface area contributed by atoms with Gasteiger partial charge in [0.15, 0.2) is 0 Å². The minimum absolute atomic E-state index is 0.902. The van der Waals surface area contributed by atoms with Crippen LogP contribution >= 0.6 is 15.9 Å². The Hall–Kier alpha value is -2.92. The van der Waals surface area contributed by atoms with Gasteiger partial charge in [-0.1, -0.05) is 0 Å². The van der Waals surface area contributed by atoms with E-state index in [0.717, 1.165) is 49.3 Å². The average molecular weight is 389 g/mol. The maximum absolute atomic E-state index is 4.64. The summed E-state index contributed by atoms with van der Waals surface area (Å²) in [5.41, 5.74) is 7.72. The number of H-pyrrole nitrogens is 2. The van der Waals surface area contributed by atoms with E-state index in [1.54, 1.807) is 0 Å². The van der Waals surface area contributed by atoms with Crippen molar-refractivity contribution in [2.45, 2.75) is 0 Å². The summed E-state index contributed by atoms with van der Waals surface area (Å²) in [7, 11) is 0. The van der Waals surface area contributed by atoms with Crippen molar-refractivity contribution < 1.29 is 0 Å². The van der Waals surface area contributed by atoms with E-state index < -0.39 is 0 Å². The van der Waals surface area contributed by atoms with Gasteiger partial charge in [-0.15, -0.1) is 0 Å². The molecule has 2 N–H and O–H groups in total. The Bertz CT molecular complexity index is 1210. The molecule has 0 saturated heterocycles. The van der Waals surface area contributed by atoms with Gasteiger partial charge >= 0.3 is 0 Å². The highest BCUT2D eigenvalue weighted by Crippen LogP contribution is 2.22. The molecule has 2 aliphatic rings. The van der Waals surface area contributed by atoms with Gasteiger partial charge in [-0.2, -0.15) is 0 Å². The van der Waals surface area contributed by atoms with Gasteiger partial charge in [0.25, 0.3) is 0 Å². The van der Waals surface area contributed by atoms with E-state index in [1.165, 1.54) is 0 Å². The van der Waals surface area contributed by atoms with E-state index in [1.807, 2.05) is 42.5 Å². The van der Waals surface area contributed by atoms with Crippen LogP contribution in [0.2, 0.25) is 0 Å². The fourth-order valence-electron chi connectivity index (χ4n) is 2.98. The van der Waals surface area contributed by atoms with E-state index in [9.17, 15) is 0 Å². The van der Waals surface area contributed by atoms with Crippen LogP contribution in [0.5, 0.6) is 0 Å². The Morgan fingerprint density at radius 1 is 0.600 bits per heavy atom. The second kappa shape index (κ2) is 5.57. The zero-order valence-corrected chi connectivity index (χ0v) is 14.7. The molecule has 0 amide bonds. The van der Waals surface area contributed by atoms with E-state index in [-0.39, 0.29) is 0 Å². The Morgan fingerprint density at radius 2 is 1.20 bits per heavy atom. The van der Waals surface area contributed by atoms with E-state index in [2.05, 4.69) is 60.1 Å².